The molecule has 4 heteroatoms. The lowest BCUT2D eigenvalue weighted by Crippen LogP contribution is -2.25. The van der Waals surface area contributed by atoms with E-state index in [9.17, 15) is 13.2 Å². The van der Waals surface area contributed by atoms with E-state index in [2.05, 4.69) is 5.32 Å². The fraction of sp³-hybridized carbons (Fsp3) is 0.500. The van der Waals surface area contributed by atoms with Crippen molar-refractivity contribution in [2.75, 3.05) is 0 Å². The van der Waals surface area contributed by atoms with E-state index in [1.54, 1.807) is 6.07 Å². The minimum atomic E-state index is -4.27. The van der Waals surface area contributed by atoms with Gasteiger partial charge in [0.25, 0.3) is 0 Å². The van der Waals surface area contributed by atoms with Crippen molar-refractivity contribution in [3.63, 3.8) is 0 Å². The third kappa shape index (κ3) is 3.52. The molecule has 0 aliphatic rings. The highest BCUT2D eigenvalue weighted by Gasteiger charge is 2.32. The summed E-state index contributed by atoms with van der Waals surface area (Å²) in [5.74, 6) is 0. The van der Waals surface area contributed by atoms with Crippen LogP contribution in [-0.2, 0) is 12.7 Å². The van der Waals surface area contributed by atoms with Gasteiger partial charge in [-0.3, -0.25) is 0 Å². The SMILES string of the molecule is CC[C@H](C)NCc1ccccc1C(F)(F)F. The fourth-order valence-electron chi connectivity index (χ4n) is 1.38. The number of alkyl halides is 3. The zero-order valence-corrected chi connectivity index (χ0v) is 9.43. The molecule has 0 radical (unpaired) electrons. The van der Waals surface area contributed by atoms with Crippen LogP contribution in [-0.4, -0.2) is 6.04 Å². The third-order valence-electron chi connectivity index (χ3n) is 2.58. The molecule has 0 unspecified atom stereocenters. The maximum atomic E-state index is 12.6. The van der Waals surface area contributed by atoms with Crippen LogP contribution >= 0.6 is 0 Å². The van der Waals surface area contributed by atoms with E-state index in [-0.39, 0.29) is 12.6 Å². The molecule has 1 aromatic rings. The molecule has 0 aromatic heterocycles. The Hall–Kier alpha value is -1.03. The van der Waals surface area contributed by atoms with Crippen LogP contribution < -0.4 is 5.32 Å². The summed E-state index contributed by atoms with van der Waals surface area (Å²) in [5.41, 5.74) is -0.249. The lowest BCUT2D eigenvalue weighted by atomic mass is 10.1. The lowest BCUT2D eigenvalue weighted by molar-refractivity contribution is -0.138. The van der Waals surface area contributed by atoms with Crippen LogP contribution in [0.25, 0.3) is 0 Å². The zero-order valence-electron chi connectivity index (χ0n) is 9.43. The van der Waals surface area contributed by atoms with Crippen molar-refractivity contribution in [1.29, 1.82) is 0 Å². The maximum absolute atomic E-state index is 12.6. The minimum Gasteiger partial charge on any atom is -0.310 e. The molecule has 1 rings (SSSR count). The maximum Gasteiger partial charge on any atom is 0.416 e. The van der Waals surface area contributed by atoms with E-state index in [0.717, 1.165) is 12.5 Å². The van der Waals surface area contributed by atoms with Crippen LogP contribution in [0.4, 0.5) is 13.2 Å². The summed E-state index contributed by atoms with van der Waals surface area (Å²) in [6.45, 7) is 4.20. The van der Waals surface area contributed by atoms with Crippen molar-refractivity contribution in [3.8, 4) is 0 Å². The Labute approximate surface area is 93.7 Å². The molecule has 90 valence electrons. The van der Waals surface area contributed by atoms with E-state index in [4.69, 9.17) is 0 Å². The van der Waals surface area contributed by atoms with E-state index in [0.29, 0.717) is 5.56 Å². The van der Waals surface area contributed by atoms with Gasteiger partial charge in [-0.1, -0.05) is 25.1 Å². The molecule has 0 aliphatic carbocycles. The van der Waals surface area contributed by atoms with E-state index in [1.807, 2.05) is 13.8 Å². The van der Waals surface area contributed by atoms with Gasteiger partial charge in [-0.2, -0.15) is 13.2 Å². The number of nitrogens with one attached hydrogen (secondary N) is 1. The Balaban J connectivity index is 2.80. The van der Waals surface area contributed by atoms with Gasteiger partial charge < -0.3 is 5.32 Å². The average Bonchev–Trinajstić information content (AvgIpc) is 2.25. The Morgan fingerprint density at radius 3 is 2.44 bits per heavy atom. The lowest BCUT2D eigenvalue weighted by Gasteiger charge is -2.15. The van der Waals surface area contributed by atoms with Crippen LogP contribution in [0.2, 0.25) is 0 Å². The molecule has 0 saturated heterocycles. The van der Waals surface area contributed by atoms with Crippen LogP contribution in [0.5, 0.6) is 0 Å². The Morgan fingerprint density at radius 2 is 1.88 bits per heavy atom. The zero-order chi connectivity index (χ0) is 12.2. The molecule has 16 heavy (non-hydrogen) atoms. The molecule has 0 amide bonds. The second kappa shape index (κ2) is 5.34. The average molecular weight is 231 g/mol. The van der Waals surface area contributed by atoms with Gasteiger partial charge in [-0.05, 0) is 25.0 Å². The predicted molar refractivity (Wildman–Crippen MR) is 58.0 cm³/mol. The van der Waals surface area contributed by atoms with Crippen molar-refractivity contribution in [2.45, 2.75) is 39.0 Å². The molecule has 1 nitrogen and oxygen atoms in total. The normalized spacial score (nSPS) is 13.8. The Kier molecular flexibility index (Phi) is 4.35. The standard InChI is InChI=1S/C12H16F3N/c1-3-9(2)16-8-10-6-4-5-7-11(10)12(13,14)15/h4-7,9,16H,3,8H2,1-2H3/t9-/m0/s1. The molecule has 1 atom stereocenters. The summed E-state index contributed by atoms with van der Waals surface area (Å²) in [6.07, 6.45) is -3.37. The highest BCUT2D eigenvalue weighted by molar-refractivity contribution is 5.29. The van der Waals surface area contributed by atoms with Crippen LogP contribution in [0.3, 0.4) is 0 Å². The van der Waals surface area contributed by atoms with Gasteiger partial charge in [0.05, 0.1) is 5.56 Å². The van der Waals surface area contributed by atoms with Gasteiger partial charge in [0.1, 0.15) is 0 Å². The van der Waals surface area contributed by atoms with Crippen molar-refractivity contribution in [3.05, 3.63) is 35.4 Å². The summed E-state index contributed by atoms with van der Waals surface area (Å²) in [4.78, 5) is 0. The summed E-state index contributed by atoms with van der Waals surface area (Å²) < 4.78 is 37.9. The van der Waals surface area contributed by atoms with Gasteiger partial charge >= 0.3 is 6.18 Å². The van der Waals surface area contributed by atoms with E-state index in [1.165, 1.54) is 12.1 Å². The number of hydrogen-bond acceptors (Lipinski definition) is 1. The number of rotatable bonds is 4. The minimum absolute atomic E-state index is 0.223. The molecule has 0 fully saturated rings. The van der Waals surface area contributed by atoms with Gasteiger partial charge in [-0.15, -0.1) is 0 Å². The first-order valence-electron chi connectivity index (χ1n) is 5.33. The van der Waals surface area contributed by atoms with Crippen molar-refractivity contribution in [2.24, 2.45) is 0 Å². The molecule has 0 bridgehead atoms. The third-order valence-corrected chi connectivity index (χ3v) is 2.58. The number of hydrogen-bond donors (Lipinski definition) is 1. The second-order valence-electron chi connectivity index (χ2n) is 3.85. The Morgan fingerprint density at radius 1 is 1.25 bits per heavy atom. The largest absolute Gasteiger partial charge is 0.416 e. The molecule has 0 heterocycles. The quantitative estimate of drug-likeness (QED) is 0.835. The van der Waals surface area contributed by atoms with Crippen molar-refractivity contribution in [1.82, 2.24) is 5.32 Å². The summed E-state index contributed by atoms with van der Waals surface area (Å²) >= 11 is 0. The molecule has 0 saturated carbocycles. The fourth-order valence-corrected chi connectivity index (χ4v) is 1.38. The van der Waals surface area contributed by atoms with E-state index < -0.39 is 11.7 Å². The van der Waals surface area contributed by atoms with Gasteiger partial charge in [0.15, 0.2) is 0 Å². The first-order chi connectivity index (χ1) is 7.45. The summed E-state index contributed by atoms with van der Waals surface area (Å²) in [7, 11) is 0. The molecular weight excluding hydrogens is 215 g/mol. The molecular formula is C12H16F3N. The monoisotopic (exact) mass is 231 g/mol. The van der Waals surface area contributed by atoms with Crippen LogP contribution in [0, 0.1) is 0 Å². The van der Waals surface area contributed by atoms with Gasteiger partial charge in [-0.25, -0.2) is 0 Å². The topological polar surface area (TPSA) is 12.0 Å². The molecule has 1 N–H and O–H groups in total. The molecule has 1 aromatic carbocycles. The van der Waals surface area contributed by atoms with Crippen molar-refractivity contribution >= 4 is 0 Å². The summed E-state index contributed by atoms with van der Waals surface area (Å²) in [6, 6.07) is 5.89. The number of halogens is 3. The number of benzene rings is 1. The summed E-state index contributed by atoms with van der Waals surface area (Å²) in [5, 5.41) is 3.06. The van der Waals surface area contributed by atoms with Gasteiger partial charge in [0, 0.05) is 12.6 Å². The van der Waals surface area contributed by atoms with Crippen molar-refractivity contribution < 1.29 is 13.2 Å². The first-order valence-corrected chi connectivity index (χ1v) is 5.33. The Bertz CT molecular complexity index is 333. The van der Waals surface area contributed by atoms with E-state index >= 15 is 0 Å². The predicted octanol–water partition coefficient (Wildman–Crippen LogP) is 3.59. The first kappa shape index (κ1) is 13.0. The molecule has 0 spiro atoms. The van der Waals surface area contributed by atoms with Gasteiger partial charge in [0.2, 0.25) is 0 Å². The van der Waals surface area contributed by atoms with Crippen LogP contribution in [0.1, 0.15) is 31.4 Å². The smallest absolute Gasteiger partial charge is 0.310 e. The highest BCUT2D eigenvalue weighted by atomic mass is 19.4. The van der Waals surface area contributed by atoms with Crippen LogP contribution in [0.15, 0.2) is 24.3 Å². The second-order valence-corrected chi connectivity index (χ2v) is 3.85. The highest BCUT2D eigenvalue weighted by Crippen LogP contribution is 2.31. The molecule has 0 aliphatic heterocycles.